The number of ether oxygens (including phenoxy) is 2. The molecule has 0 atom stereocenters. The summed E-state index contributed by atoms with van der Waals surface area (Å²) in [6, 6.07) is 8.86. The highest BCUT2D eigenvalue weighted by Crippen LogP contribution is 2.18. The van der Waals surface area contributed by atoms with Crippen LogP contribution in [0.25, 0.3) is 0 Å². The third-order valence-electron chi connectivity index (χ3n) is 2.86. The maximum absolute atomic E-state index is 5.66. The lowest BCUT2D eigenvalue weighted by atomic mass is 9.96. The molecule has 18 heavy (non-hydrogen) atoms. The molecule has 0 aromatic heterocycles. The predicted octanol–water partition coefficient (Wildman–Crippen LogP) is 3.83. The summed E-state index contributed by atoms with van der Waals surface area (Å²) in [6.45, 7) is 9.02. The van der Waals surface area contributed by atoms with Crippen molar-refractivity contribution in [2.24, 2.45) is 5.92 Å². The van der Waals surface area contributed by atoms with E-state index in [1.807, 2.05) is 0 Å². The summed E-state index contributed by atoms with van der Waals surface area (Å²) in [7, 11) is 1.65. The van der Waals surface area contributed by atoms with Crippen molar-refractivity contribution < 1.29 is 9.47 Å². The Labute approximate surface area is 111 Å². The number of hydrogen-bond acceptors (Lipinski definition) is 2. The predicted molar refractivity (Wildman–Crippen MR) is 75.7 cm³/mol. The lowest BCUT2D eigenvalue weighted by Crippen LogP contribution is -2.28. The molecular weight excluding hydrogens is 224 g/mol. The van der Waals surface area contributed by atoms with E-state index in [-0.39, 0.29) is 5.60 Å². The summed E-state index contributed by atoms with van der Waals surface area (Å²) in [5.74, 6) is 0.706. The molecule has 0 spiro atoms. The summed E-state index contributed by atoms with van der Waals surface area (Å²) in [5, 5.41) is 0. The topological polar surface area (TPSA) is 18.5 Å². The zero-order valence-electron chi connectivity index (χ0n) is 12.3. The van der Waals surface area contributed by atoms with Gasteiger partial charge in [0.2, 0.25) is 0 Å². The molecule has 0 saturated carbocycles. The first kappa shape index (κ1) is 15.2. The minimum absolute atomic E-state index is 0.185. The summed E-state index contributed by atoms with van der Waals surface area (Å²) >= 11 is 0. The van der Waals surface area contributed by atoms with Gasteiger partial charge in [0.05, 0.1) is 5.60 Å². The smallest absolute Gasteiger partial charge is 0.147 e. The van der Waals surface area contributed by atoms with Crippen molar-refractivity contribution in [2.45, 2.75) is 46.1 Å². The van der Waals surface area contributed by atoms with Crippen LogP contribution in [0.15, 0.2) is 24.3 Å². The Morgan fingerprint density at radius 2 is 1.61 bits per heavy atom. The number of benzene rings is 1. The van der Waals surface area contributed by atoms with Crippen LogP contribution in [0.4, 0.5) is 0 Å². The fourth-order valence-electron chi connectivity index (χ4n) is 2.03. The fourth-order valence-corrected chi connectivity index (χ4v) is 2.03. The van der Waals surface area contributed by atoms with Crippen LogP contribution in [-0.4, -0.2) is 19.5 Å². The molecule has 2 heteroatoms. The van der Waals surface area contributed by atoms with E-state index < -0.39 is 0 Å². The van der Waals surface area contributed by atoms with E-state index in [4.69, 9.17) is 9.47 Å². The molecule has 0 aliphatic rings. The van der Waals surface area contributed by atoms with Crippen molar-refractivity contribution in [2.75, 3.05) is 13.9 Å². The third kappa shape index (κ3) is 5.65. The molecule has 1 aromatic carbocycles. The van der Waals surface area contributed by atoms with Gasteiger partial charge in [-0.2, -0.15) is 0 Å². The summed E-state index contributed by atoms with van der Waals surface area (Å²) in [6.07, 6.45) is 2.04. The maximum Gasteiger partial charge on any atom is 0.147 e. The van der Waals surface area contributed by atoms with Gasteiger partial charge >= 0.3 is 0 Å². The number of hydrogen-bond donors (Lipinski definition) is 0. The van der Waals surface area contributed by atoms with Crippen LogP contribution in [0, 0.1) is 5.92 Å². The second-order valence-electron chi connectivity index (χ2n) is 5.90. The molecule has 1 rings (SSSR count). The standard InChI is InChI=1S/C16H26O2/c1-13(2)10-14-6-8-15(9-7-14)11-16(3,4)18-12-17-5/h6-9,13H,10-12H2,1-5H3. The van der Waals surface area contributed by atoms with Crippen LogP contribution in [0.2, 0.25) is 0 Å². The molecule has 0 fully saturated rings. The van der Waals surface area contributed by atoms with Gasteiger partial charge in [0.1, 0.15) is 6.79 Å². The van der Waals surface area contributed by atoms with Crippen LogP contribution in [0.3, 0.4) is 0 Å². The van der Waals surface area contributed by atoms with Crippen molar-refractivity contribution >= 4 is 0 Å². The first-order valence-electron chi connectivity index (χ1n) is 6.63. The van der Waals surface area contributed by atoms with Gasteiger partial charge in [0.25, 0.3) is 0 Å². The van der Waals surface area contributed by atoms with E-state index in [0.29, 0.717) is 12.7 Å². The van der Waals surface area contributed by atoms with Gasteiger partial charge in [-0.3, -0.25) is 0 Å². The average molecular weight is 250 g/mol. The molecule has 102 valence electrons. The lowest BCUT2D eigenvalue weighted by molar-refractivity contribution is -0.113. The van der Waals surface area contributed by atoms with Gasteiger partial charge in [-0.15, -0.1) is 0 Å². The Morgan fingerprint density at radius 1 is 1.06 bits per heavy atom. The van der Waals surface area contributed by atoms with Crippen molar-refractivity contribution in [1.82, 2.24) is 0 Å². The molecule has 0 aliphatic carbocycles. The molecule has 0 N–H and O–H groups in total. The molecule has 0 amide bonds. The molecule has 2 nitrogen and oxygen atoms in total. The largest absolute Gasteiger partial charge is 0.359 e. The Bertz CT molecular complexity index is 339. The highest BCUT2D eigenvalue weighted by Gasteiger charge is 2.18. The zero-order valence-corrected chi connectivity index (χ0v) is 12.3. The molecule has 0 bridgehead atoms. The monoisotopic (exact) mass is 250 g/mol. The maximum atomic E-state index is 5.66. The molecule has 0 aliphatic heterocycles. The van der Waals surface area contributed by atoms with E-state index in [2.05, 4.69) is 52.0 Å². The second-order valence-corrected chi connectivity index (χ2v) is 5.90. The van der Waals surface area contributed by atoms with Crippen LogP contribution >= 0.6 is 0 Å². The van der Waals surface area contributed by atoms with Crippen LogP contribution < -0.4 is 0 Å². The van der Waals surface area contributed by atoms with Crippen molar-refractivity contribution in [3.05, 3.63) is 35.4 Å². The van der Waals surface area contributed by atoms with Gasteiger partial charge in [-0.05, 0) is 37.3 Å². The number of rotatable bonds is 7. The van der Waals surface area contributed by atoms with E-state index in [9.17, 15) is 0 Å². The minimum atomic E-state index is -0.185. The minimum Gasteiger partial charge on any atom is -0.359 e. The SMILES string of the molecule is COCOC(C)(C)Cc1ccc(CC(C)C)cc1. The Hall–Kier alpha value is -0.860. The lowest BCUT2D eigenvalue weighted by Gasteiger charge is -2.25. The highest BCUT2D eigenvalue weighted by atomic mass is 16.7. The van der Waals surface area contributed by atoms with Gasteiger partial charge in [0.15, 0.2) is 0 Å². The van der Waals surface area contributed by atoms with Crippen molar-refractivity contribution in [1.29, 1.82) is 0 Å². The number of methoxy groups -OCH3 is 1. The van der Waals surface area contributed by atoms with E-state index in [1.54, 1.807) is 7.11 Å². The second kappa shape index (κ2) is 6.91. The Kier molecular flexibility index (Phi) is 5.83. The first-order valence-corrected chi connectivity index (χ1v) is 6.63. The van der Waals surface area contributed by atoms with Gasteiger partial charge < -0.3 is 9.47 Å². The third-order valence-corrected chi connectivity index (χ3v) is 2.86. The van der Waals surface area contributed by atoms with Crippen LogP contribution in [0.5, 0.6) is 0 Å². The normalized spacial score (nSPS) is 12.1. The molecule has 0 saturated heterocycles. The van der Waals surface area contributed by atoms with Gasteiger partial charge in [0, 0.05) is 13.5 Å². The average Bonchev–Trinajstić information content (AvgIpc) is 2.28. The van der Waals surface area contributed by atoms with E-state index in [0.717, 1.165) is 12.8 Å². The highest BCUT2D eigenvalue weighted by molar-refractivity contribution is 5.24. The van der Waals surface area contributed by atoms with Gasteiger partial charge in [-0.1, -0.05) is 38.1 Å². The Morgan fingerprint density at radius 3 is 2.11 bits per heavy atom. The molecule has 1 aromatic rings. The van der Waals surface area contributed by atoms with Gasteiger partial charge in [-0.25, -0.2) is 0 Å². The molecule has 0 heterocycles. The zero-order chi connectivity index (χ0) is 13.6. The summed E-state index contributed by atoms with van der Waals surface area (Å²) in [4.78, 5) is 0. The first-order chi connectivity index (χ1) is 8.43. The van der Waals surface area contributed by atoms with E-state index >= 15 is 0 Å². The van der Waals surface area contributed by atoms with Crippen LogP contribution in [0.1, 0.15) is 38.8 Å². The fraction of sp³-hybridized carbons (Fsp3) is 0.625. The quantitative estimate of drug-likeness (QED) is 0.685. The van der Waals surface area contributed by atoms with Crippen molar-refractivity contribution in [3.8, 4) is 0 Å². The molecular formula is C16H26O2. The van der Waals surface area contributed by atoms with Crippen molar-refractivity contribution in [3.63, 3.8) is 0 Å². The molecule has 0 radical (unpaired) electrons. The summed E-state index contributed by atoms with van der Waals surface area (Å²) < 4.78 is 10.6. The molecule has 0 unspecified atom stereocenters. The van der Waals surface area contributed by atoms with E-state index in [1.165, 1.54) is 11.1 Å². The summed E-state index contributed by atoms with van der Waals surface area (Å²) in [5.41, 5.74) is 2.53. The Balaban J connectivity index is 2.57. The van der Waals surface area contributed by atoms with Crippen LogP contribution in [-0.2, 0) is 22.3 Å².